The monoisotopic (exact) mass is 339 g/mol. The van der Waals surface area contributed by atoms with Gasteiger partial charge >= 0.3 is 0 Å². The average Bonchev–Trinajstić information content (AvgIpc) is 3.22. The molecule has 112 valence electrons. The van der Waals surface area contributed by atoms with Crippen LogP contribution in [0.15, 0.2) is 22.7 Å². The Morgan fingerprint density at radius 2 is 2.10 bits per heavy atom. The summed E-state index contributed by atoms with van der Waals surface area (Å²) in [6.07, 6.45) is 5.19. The molecule has 0 aromatic heterocycles. The highest BCUT2D eigenvalue weighted by atomic mass is 79.9. The van der Waals surface area contributed by atoms with Crippen LogP contribution >= 0.6 is 15.9 Å². The third-order valence-electron chi connectivity index (χ3n) is 3.71. The molecule has 2 rings (SSSR count). The van der Waals surface area contributed by atoms with E-state index in [1.54, 1.807) is 0 Å². The zero-order valence-electron chi connectivity index (χ0n) is 12.8. The molecule has 0 heterocycles. The van der Waals surface area contributed by atoms with E-state index in [1.807, 2.05) is 0 Å². The number of rotatable bonds is 8. The second-order valence-electron chi connectivity index (χ2n) is 6.05. The molecule has 0 amide bonds. The Labute approximate surface area is 131 Å². The molecule has 1 saturated carbocycles. The van der Waals surface area contributed by atoms with Crippen LogP contribution in [-0.4, -0.2) is 18.7 Å². The predicted molar refractivity (Wildman–Crippen MR) is 88.6 cm³/mol. The summed E-state index contributed by atoms with van der Waals surface area (Å²) < 4.78 is 7.42. The summed E-state index contributed by atoms with van der Waals surface area (Å²) in [4.78, 5) is 0. The average molecular weight is 340 g/mol. The van der Waals surface area contributed by atoms with Crippen molar-refractivity contribution < 1.29 is 4.74 Å². The molecular weight excluding hydrogens is 314 g/mol. The molecule has 1 fully saturated rings. The van der Waals surface area contributed by atoms with Gasteiger partial charge in [-0.25, -0.2) is 0 Å². The predicted octanol–water partition coefficient (Wildman–Crippen LogP) is 4.87. The maximum atomic E-state index is 6.30. The lowest BCUT2D eigenvalue weighted by atomic mass is 10.0. The zero-order valence-corrected chi connectivity index (χ0v) is 14.4. The van der Waals surface area contributed by atoms with E-state index in [2.05, 4.69) is 60.2 Å². The molecule has 1 atom stereocenters. The molecule has 0 spiro atoms. The van der Waals surface area contributed by atoms with Gasteiger partial charge in [-0.05, 0) is 48.9 Å². The fourth-order valence-corrected chi connectivity index (χ4v) is 2.75. The van der Waals surface area contributed by atoms with Gasteiger partial charge in [0.1, 0.15) is 11.9 Å². The number of hydrogen-bond acceptors (Lipinski definition) is 2. The van der Waals surface area contributed by atoms with Gasteiger partial charge in [0.25, 0.3) is 0 Å². The minimum atomic E-state index is 0.277. The van der Waals surface area contributed by atoms with Gasteiger partial charge in [-0.3, -0.25) is 0 Å². The van der Waals surface area contributed by atoms with Crippen LogP contribution in [-0.2, 0) is 0 Å². The quantitative estimate of drug-likeness (QED) is 0.729. The van der Waals surface area contributed by atoms with E-state index in [0.29, 0.717) is 5.92 Å². The van der Waals surface area contributed by atoms with Crippen LogP contribution in [0.25, 0.3) is 0 Å². The molecule has 1 aromatic carbocycles. The minimum absolute atomic E-state index is 0.277. The summed E-state index contributed by atoms with van der Waals surface area (Å²) in [6.45, 7) is 7.61. The van der Waals surface area contributed by atoms with E-state index in [9.17, 15) is 0 Å². The molecule has 3 heteroatoms. The minimum Gasteiger partial charge on any atom is -0.489 e. The Balaban J connectivity index is 2.03. The summed E-state index contributed by atoms with van der Waals surface area (Å²) in [5.41, 5.74) is 1.28. The molecule has 1 aromatic rings. The van der Waals surface area contributed by atoms with E-state index >= 15 is 0 Å². The van der Waals surface area contributed by atoms with Gasteiger partial charge in [0.15, 0.2) is 0 Å². The largest absolute Gasteiger partial charge is 0.489 e. The highest BCUT2D eigenvalue weighted by Gasteiger charge is 2.22. The second kappa shape index (κ2) is 7.46. The van der Waals surface area contributed by atoms with Gasteiger partial charge in [0.2, 0.25) is 0 Å². The van der Waals surface area contributed by atoms with Crippen LogP contribution in [0.3, 0.4) is 0 Å². The van der Waals surface area contributed by atoms with Gasteiger partial charge in [0, 0.05) is 17.1 Å². The Kier molecular flexibility index (Phi) is 5.91. The molecule has 1 unspecified atom stereocenters. The van der Waals surface area contributed by atoms with Crippen molar-refractivity contribution in [2.24, 2.45) is 0 Å². The van der Waals surface area contributed by atoms with Crippen molar-refractivity contribution in [1.29, 1.82) is 0 Å². The van der Waals surface area contributed by atoms with Gasteiger partial charge in [-0.15, -0.1) is 0 Å². The Bertz CT molecular complexity index is 429. The van der Waals surface area contributed by atoms with E-state index in [0.717, 1.165) is 35.7 Å². The summed E-state index contributed by atoms with van der Waals surface area (Å²) in [7, 11) is 0. The van der Waals surface area contributed by atoms with Crippen LogP contribution < -0.4 is 10.1 Å². The highest BCUT2D eigenvalue weighted by Crippen LogP contribution is 2.30. The third kappa shape index (κ3) is 4.78. The topological polar surface area (TPSA) is 21.3 Å². The molecule has 20 heavy (non-hydrogen) atoms. The molecule has 1 aliphatic carbocycles. The zero-order chi connectivity index (χ0) is 14.5. The van der Waals surface area contributed by atoms with Crippen LogP contribution in [0, 0.1) is 0 Å². The van der Waals surface area contributed by atoms with E-state index in [1.165, 1.54) is 18.4 Å². The SMILES string of the molecule is CCCC(CNC1CC1)Oc1ccc(Br)cc1C(C)C. The van der Waals surface area contributed by atoms with Crippen LogP contribution in [0.2, 0.25) is 0 Å². The molecule has 1 aliphatic rings. The first-order valence-corrected chi connectivity index (χ1v) is 8.59. The van der Waals surface area contributed by atoms with E-state index < -0.39 is 0 Å². The standard InChI is InChI=1S/C17H26BrNO/c1-4-5-15(11-19-14-7-8-14)20-17-9-6-13(18)10-16(17)12(2)3/h6,9-10,12,14-15,19H,4-5,7-8,11H2,1-3H3. The number of ether oxygens (including phenoxy) is 1. The van der Waals surface area contributed by atoms with E-state index in [-0.39, 0.29) is 6.10 Å². The number of hydrogen-bond donors (Lipinski definition) is 1. The first-order valence-electron chi connectivity index (χ1n) is 7.79. The lowest BCUT2D eigenvalue weighted by Crippen LogP contribution is -2.32. The van der Waals surface area contributed by atoms with Crippen molar-refractivity contribution in [2.75, 3.05) is 6.54 Å². The first kappa shape index (κ1) is 15.8. The summed E-state index contributed by atoms with van der Waals surface area (Å²) in [5, 5.41) is 3.59. The van der Waals surface area contributed by atoms with Crippen molar-refractivity contribution in [3.05, 3.63) is 28.2 Å². The smallest absolute Gasteiger partial charge is 0.123 e. The lowest BCUT2D eigenvalue weighted by Gasteiger charge is -2.22. The second-order valence-corrected chi connectivity index (χ2v) is 6.96. The highest BCUT2D eigenvalue weighted by molar-refractivity contribution is 9.10. The molecule has 0 radical (unpaired) electrons. The first-order chi connectivity index (χ1) is 9.60. The molecule has 2 nitrogen and oxygen atoms in total. The van der Waals surface area contributed by atoms with Crippen molar-refractivity contribution in [3.8, 4) is 5.75 Å². The maximum absolute atomic E-state index is 6.30. The summed E-state index contributed by atoms with van der Waals surface area (Å²) in [6, 6.07) is 7.09. The van der Waals surface area contributed by atoms with Crippen molar-refractivity contribution in [3.63, 3.8) is 0 Å². The molecule has 0 bridgehead atoms. The molecule has 1 N–H and O–H groups in total. The van der Waals surface area contributed by atoms with Gasteiger partial charge in [0.05, 0.1) is 0 Å². The lowest BCUT2D eigenvalue weighted by molar-refractivity contribution is 0.183. The normalized spacial score (nSPS) is 16.4. The van der Waals surface area contributed by atoms with Crippen molar-refractivity contribution in [1.82, 2.24) is 5.32 Å². The van der Waals surface area contributed by atoms with E-state index in [4.69, 9.17) is 4.74 Å². The fraction of sp³-hybridized carbons (Fsp3) is 0.647. The molecule has 0 saturated heterocycles. The fourth-order valence-electron chi connectivity index (χ4n) is 2.37. The third-order valence-corrected chi connectivity index (χ3v) is 4.20. The van der Waals surface area contributed by atoms with Crippen LogP contribution in [0.4, 0.5) is 0 Å². The van der Waals surface area contributed by atoms with Crippen LogP contribution in [0.5, 0.6) is 5.75 Å². The molecular formula is C17H26BrNO. The Morgan fingerprint density at radius 1 is 1.35 bits per heavy atom. The maximum Gasteiger partial charge on any atom is 0.123 e. The Hall–Kier alpha value is -0.540. The summed E-state index contributed by atoms with van der Waals surface area (Å²) in [5.74, 6) is 1.51. The molecule has 0 aliphatic heterocycles. The number of benzene rings is 1. The van der Waals surface area contributed by atoms with Gasteiger partial charge in [-0.2, -0.15) is 0 Å². The van der Waals surface area contributed by atoms with Crippen molar-refractivity contribution in [2.45, 2.75) is 64.5 Å². The van der Waals surface area contributed by atoms with Gasteiger partial charge < -0.3 is 10.1 Å². The number of nitrogens with one attached hydrogen (secondary N) is 1. The van der Waals surface area contributed by atoms with Gasteiger partial charge in [-0.1, -0.05) is 43.1 Å². The Morgan fingerprint density at radius 3 is 2.70 bits per heavy atom. The summed E-state index contributed by atoms with van der Waals surface area (Å²) >= 11 is 3.55. The van der Waals surface area contributed by atoms with Crippen molar-refractivity contribution >= 4 is 15.9 Å². The number of halogens is 1. The van der Waals surface area contributed by atoms with Crippen LogP contribution in [0.1, 0.15) is 57.9 Å².